The molecule has 0 unspecified atom stereocenters. The first-order valence-corrected chi connectivity index (χ1v) is 6.40. The second-order valence-corrected chi connectivity index (χ2v) is 4.81. The Balaban J connectivity index is 2.19. The number of nitrogens with two attached hydrogens (primary N) is 1. The molecule has 0 spiro atoms. The van der Waals surface area contributed by atoms with Crippen molar-refractivity contribution in [2.45, 2.75) is 13.8 Å². The van der Waals surface area contributed by atoms with Gasteiger partial charge in [0.15, 0.2) is 11.6 Å². The zero-order valence-corrected chi connectivity index (χ0v) is 11.4. The van der Waals surface area contributed by atoms with Crippen molar-refractivity contribution >= 4 is 5.82 Å². The van der Waals surface area contributed by atoms with Crippen LogP contribution in [0.5, 0.6) is 0 Å². The van der Waals surface area contributed by atoms with E-state index in [1.165, 1.54) is 11.1 Å². The number of aryl methyl sites for hydroxylation is 2. The molecule has 0 amide bonds. The Morgan fingerprint density at radius 2 is 1.90 bits per heavy atom. The van der Waals surface area contributed by atoms with E-state index < -0.39 is 0 Å². The highest BCUT2D eigenvalue weighted by atomic mass is 16.5. The number of anilines is 1. The first kappa shape index (κ1) is 12.4. The maximum atomic E-state index is 5.97. The van der Waals surface area contributed by atoms with Crippen molar-refractivity contribution < 1.29 is 4.52 Å². The molecule has 4 heteroatoms. The van der Waals surface area contributed by atoms with E-state index in [4.69, 9.17) is 10.3 Å². The molecule has 0 saturated carbocycles. The molecule has 3 aromatic rings. The van der Waals surface area contributed by atoms with E-state index in [0.717, 1.165) is 16.7 Å². The average molecular weight is 265 g/mol. The van der Waals surface area contributed by atoms with Gasteiger partial charge in [-0.15, -0.1) is 0 Å². The largest absolute Gasteiger partial charge is 0.380 e. The minimum atomic E-state index is 0.395. The molecule has 0 aliphatic heterocycles. The van der Waals surface area contributed by atoms with Crippen molar-refractivity contribution in [1.29, 1.82) is 0 Å². The van der Waals surface area contributed by atoms with Crippen molar-refractivity contribution in [1.82, 2.24) is 10.1 Å². The number of hydrogen-bond acceptors (Lipinski definition) is 4. The summed E-state index contributed by atoms with van der Waals surface area (Å²) in [7, 11) is 0. The molecular weight excluding hydrogens is 250 g/mol. The predicted octanol–water partition coefficient (Wildman–Crippen LogP) is 3.60. The third-order valence-corrected chi connectivity index (χ3v) is 3.44. The number of nitrogen functional groups attached to an aromatic ring is 1. The van der Waals surface area contributed by atoms with Crippen LogP contribution in [-0.2, 0) is 0 Å². The van der Waals surface area contributed by atoms with E-state index >= 15 is 0 Å². The van der Waals surface area contributed by atoms with Gasteiger partial charge in [0.05, 0.1) is 5.56 Å². The molecule has 2 N–H and O–H groups in total. The van der Waals surface area contributed by atoms with Crippen LogP contribution >= 0.6 is 0 Å². The van der Waals surface area contributed by atoms with Crippen LogP contribution in [0.2, 0.25) is 0 Å². The summed E-state index contributed by atoms with van der Waals surface area (Å²) < 4.78 is 5.39. The van der Waals surface area contributed by atoms with E-state index in [1.54, 1.807) is 12.4 Å². The van der Waals surface area contributed by atoms with E-state index in [-0.39, 0.29) is 0 Å². The zero-order chi connectivity index (χ0) is 14.1. The Morgan fingerprint density at radius 1 is 1.05 bits per heavy atom. The Kier molecular flexibility index (Phi) is 2.99. The zero-order valence-electron chi connectivity index (χ0n) is 11.4. The molecule has 0 saturated heterocycles. The molecule has 2 heterocycles. The molecule has 0 fully saturated rings. The second-order valence-electron chi connectivity index (χ2n) is 4.81. The van der Waals surface area contributed by atoms with Crippen LogP contribution in [0.15, 0.2) is 47.2 Å². The van der Waals surface area contributed by atoms with Crippen LogP contribution in [-0.4, -0.2) is 10.1 Å². The van der Waals surface area contributed by atoms with E-state index in [0.29, 0.717) is 11.6 Å². The minimum Gasteiger partial charge on any atom is -0.380 e. The van der Waals surface area contributed by atoms with E-state index in [1.807, 2.05) is 18.2 Å². The van der Waals surface area contributed by atoms with Crippen molar-refractivity contribution in [3.05, 3.63) is 53.9 Å². The molecule has 3 rings (SSSR count). The smallest absolute Gasteiger partial charge is 0.178 e. The Morgan fingerprint density at radius 3 is 2.60 bits per heavy atom. The first-order valence-electron chi connectivity index (χ1n) is 6.40. The Hall–Kier alpha value is -2.62. The molecule has 100 valence electrons. The standard InChI is InChI=1S/C16H15N3O/c1-10-5-6-12(8-11(10)2)14-15(20-19-16(14)17)13-4-3-7-18-9-13/h3-9H,1-2H3,(H2,17,19). The van der Waals surface area contributed by atoms with Gasteiger partial charge in [-0.1, -0.05) is 23.4 Å². The number of nitrogens with zero attached hydrogens (tertiary/aromatic N) is 2. The van der Waals surface area contributed by atoms with Gasteiger partial charge in [0, 0.05) is 18.0 Å². The number of aromatic nitrogens is 2. The van der Waals surface area contributed by atoms with Crippen LogP contribution in [0.1, 0.15) is 11.1 Å². The summed E-state index contributed by atoms with van der Waals surface area (Å²) in [6.45, 7) is 4.16. The summed E-state index contributed by atoms with van der Waals surface area (Å²) in [5.41, 5.74) is 11.1. The third-order valence-electron chi connectivity index (χ3n) is 3.44. The van der Waals surface area contributed by atoms with Gasteiger partial charge >= 0.3 is 0 Å². The van der Waals surface area contributed by atoms with Gasteiger partial charge in [0.2, 0.25) is 0 Å². The Bertz CT molecular complexity index is 748. The average Bonchev–Trinajstić information content (AvgIpc) is 2.85. The van der Waals surface area contributed by atoms with Gasteiger partial charge in [0.25, 0.3) is 0 Å². The lowest BCUT2D eigenvalue weighted by atomic mass is 9.98. The lowest BCUT2D eigenvalue weighted by molar-refractivity contribution is 0.436. The first-order chi connectivity index (χ1) is 9.66. The second kappa shape index (κ2) is 4.81. The summed E-state index contributed by atoms with van der Waals surface area (Å²) in [4.78, 5) is 4.11. The van der Waals surface area contributed by atoms with Crippen LogP contribution in [0.25, 0.3) is 22.5 Å². The molecule has 0 atom stereocenters. The quantitative estimate of drug-likeness (QED) is 0.768. The summed E-state index contributed by atoms with van der Waals surface area (Å²) in [5.74, 6) is 1.05. The van der Waals surface area contributed by atoms with Gasteiger partial charge in [-0.25, -0.2) is 0 Å². The lowest BCUT2D eigenvalue weighted by Crippen LogP contribution is -1.90. The summed E-state index contributed by atoms with van der Waals surface area (Å²) in [6.07, 6.45) is 3.46. The maximum Gasteiger partial charge on any atom is 0.178 e. The molecule has 2 aromatic heterocycles. The SMILES string of the molecule is Cc1ccc(-c2c(N)noc2-c2cccnc2)cc1C. The van der Waals surface area contributed by atoms with Crippen molar-refractivity contribution in [2.24, 2.45) is 0 Å². The highest BCUT2D eigenvalue weighted by Gasteiger charge is 2.17. The summed E-state index contributed by atoms with van der Waals surface area (Å²) >= 11 is 0. The van der Waals surface area contributed by atoms with Crippen LogP contribution in [0.3, 0.4) is 0 Å². The van der Waals surface area contributed by atoms with Crippen molar-refractivity contribution in [2.75, 3.05) is 5.73 Å². The number of benzene rings is 1. The minimum absolute atomic E-state index is 0.395. The van der Waals surface area contributed by atoms with E-state index in [2.05, 4.69) is 36.1 Å². The van der Waals surface area contributed by atoms with Crippen LogP contribution in [0.4, 0.5) is 5.82 Å². The summed E-state index contributed by atoms with van der Waals surface area (Å²) in [6, 6.07) is 9.99. The number of pyridine rings is 1. The topological polar surface area (TPSA) is 64.9 Å². The highest BCUT2D eigenvalue weighted by molar-refractivity contribution is 5.86. The maximum absolute atomic E-state index is 5.97. The fourth-order valence-electron chi connectivity index (χ4n) is 2.17. The molecule has 20 heavy (non-hydrogen) atoms. The van der Waals surface area contributed by atoms with Crippen LogP contribution in [0, 0.1) is 13.8 Å². The normalized spacial score (nSPS) is 10.7. The number of rotatable bonds is 2. The van der Waals surface area contributed by atoms with Gasteiger partial charge in [0.1, 0.15) is 0 Å². The summed E-state index contributed by atoms with van der Waals surface area (Å²) in [5, 5.41) is 3.90. The molecule has 4 nitrogen and oxygen atoms in total. The van der Waals surface area contributed by atoms with Gasteiger partial charge in [-0.2, -0.15) is 0 Å². The lowest BCUT2D eigenvalue weighted by Gasteiger charge is -2.06. The third kappa shape index (κ3) is 2.05. The van der Waals surface area contributed by atoms with Crippen molar-refractivity contribution in [3.63, 3.8) is 0 Å². The van der Waals surface area contributed by atoms with Gasteiger partial charge < -0.3 is 10.3 Å². The molecular formula is C16H15N3O. The predicted molar refractivity (Wildman–Crippen MR) is 79.1 cm³/mol. The monoisotopic (exact) mass is 265 g/mol. The molecule has 0 aliphatic rings. The van der Waals surface area contributed by atoms with E-state index in [9.17, 15) is 0 Å². The molecule has 0 radical (unpaired) electrons. The van der Waals surface area contributed by atoms with Gasteiger partial charge in [-0.3, -0.25) is 4.98 Å². The highest BCUT2D eigenvalue weighted by Crippen LogP contribution is 2.36. The van der Waals surface area contributed by atoms with Crippen molar-refractivity contribution in [3.8, 4) is 22.5 Å². The molecule has 0 aliphatic carbocycles. The fraction of sp³-hybridized carbons (Fsp3) is 0.125. The Labute approximate surface area is 117 Å². The van der Waals surface area contributed by atoms with Gasteiger partial charge in [-0.05, 0) is 42.7 Å². The van der Waals surface area contributed by atoms with Crippen LogP contribution < -0.4 is 5.73 Å². The molecule has 0 bridgehead atoms. The molecule has 1 aromatic carbocycles. The fourth-order valence-corrected chi connectivity index (χ4v) is 2.17. The number of hydrogen-bond donors (Lipinski definition) is 1.